The summed E-state index contributed by atoms with van der Waals surface area (Å²) >= 11 is 0. The monoisotopic (exact) mass is 315 g/mol. The normalized spacial score (nSPS) is 28.3. The maximum Gasteiger partial charge on any atom is 0.317 e. The minimum absolute atomic E-state index is 0.0158. The molecule has 1 aromatic carbocycles. The van der Waals surface area contributed by atoms with Crippen molar-refractivity contribution in [3.63, 3.8) is 0 Å². The summed E-state index contributed by atoms with van der Waals surface area (Å²) in [6, 6.07) is 8.18. The van der Waals surface area contributed by atoms with Crippen molar-refractivity contribution in [1.29, 1.82) is 0 Å². The number of rotatable bonds is 2. The number of carbonyl (C=O) groups excluding carboxylic acids is 1. The molecule has 0 saturated carbocycles. The number of likely N-dealkylation sites (tertiary alicyclic amines) is 1. The zero-order chi connectivity index (χ0) is 15.8. The lowest BCUT2D eigenvalue weighted by molar-refractivity contribution is 0.00652. The van der Waals surface area contributed by atoms with E-state index in [1.165, 1.54) is 11.1 Å². The fourth-order valence-electron chi connectivity index (χ4n) is 4.18. The van der Waals surface area contributed by atoms with Gasteiger partial charge in [0.25, 0.3) is 0 Å². The van der Waals surface area contributed by atoms with Crippen LogP contribution in [0.25, 0.3) is 0 Å². The molecule has 23 heavy (non-hydrogen) atoms. The molecule has 5 nitrogen and oxygen atoms in total. The second-order valence-electron chi connectivity index (χ2n) is 7.10. The van der Waals surface area contributed by atoms with Gasteiger partial charge in [-0.1, -0.05) is 24.3 Å². The Hall–Kier alpha value is -1.59. The lowest BCUT2D eigenvalue weighted by atomic mass is 9.81. The van der Waals surface area contributed by atoms with Gasteiger partial charge in [-0.05, 0) is 42.2 Å². The van der Waals surface area contributed by atoms with Crippen molar-refractivity contribution in [2.45, 2.75) is 31.3 Å². The number of nitrogens with zero attached hydrogens (tertiary/aromatic N) is 1. The second kappa shape index (κ2) is 6.13. The highest BCUT2D eigenvalue weighted by atomic mass is 16.5. The molecule has 2 saturated heterocycles. The van der Waals surface area contributed by atoms with E-state index in [9.17, 15) is 4.79 Å². The number of hydrogen-bond acceptors (Lipinski definition) is 3. The maximum absolute atomic E-state index is 12.4. The maximum atomic E-state index is 12.4. The average Bonchev–Trinajstić information content (AvgIpc) is 2.84. The van der Waals surface area contributed by atoms with Crippen LogP contribution in [0.4, 0.5) is 4.79 Å². The number of amides is 2. The first-order chi connectivity index (χ1) is 11.2. The van der Waals surface area contributed by atoms with Gasteiger partial charge in [-0.25, -0.2) is 4.79 Å². The number of benzene rings is 1. The molecule has 5 heteroatoms. The molecule has 2 fully saturated rings. The molecule has 0 spiro atoms. The smallest absolute Gasteiger partial charge is 0.317 e. The topological polar surface area (TPSA) is 67.6 Å². The molecular formula is C18H25N3O2. The van der Waals surface area contributed by atoms with Gasteiger partial charge >= 0.3 is 6.03 Å². The average molecular weight is 315 g/mol. The Morgan fingerprint density at radius 1 is 1.17 bits per heavy atom. The van der Waals surface area contributed by atoms with Crippen molar-refractivity contribution in [2.75, 3.05) is 26.3 Å². The van der Waals surface area contributed by atoms with E-state index < -0.39 is 0 Å². The van der Waals surface area contributed by atoms with Gasteiger partial charge in [0.15, 0.2) is 0 Å². The van der Waals surface area contributed by atoms with Gasteiger partial charge < -0.3 is 20.7 Å². The van der Waals surface area contributed by atoms with E-state index in [4.69, 9.17) is 10.5 Å². The summed E-state index contributed by atoms with van der Waals surface area (Å²) in [5.74, 6) is 1.38. The summed E-state index contributed by atoms with van der Waals surface area (Å²) in [6.07, 6.45) is 3.12. The molecule has 124 valence electrons. The van der Waals surface area contributed by atoms with Gasteiger partial charge in [-0.2, -0.15) is 0 Å². The lowest BCUT2D eigenvalue weighted by Gasteiger charge is -2.44. The molecule has 1 aromatic rings. The molecule has 3 N–H and O–H groups in total. The van der Waals surface area contributed by atoms with Gasteiger partial charge in [0, 0.05) is 26.3 Å². The third-order valence-corrected chi connectivity index (χ3v) is 5.73. The Morgan fingerprint density at radius 3 is 2.65 bits per heavy atom. The van der Waals surface area contributed by atoms with E-state index in [1.807, 2.05) is 17.0 Å². The molecular weight excluding hydrogens is 290 g/mol. The third kappa shape index (κ3) is 2.83. The second-order valence-corrected chi connectivity index (χ2v) is 7.10. The number of ether oxygens (including phenoxy) is 1. The molecule has 0 bridgehead atoms. The van der Waals surface area contributed by atoms with Crippen LogP contribution in [0, 0.1) is 11.8 Å². The Bertz CT molecular complexity index is 579. The van der Waals surface area contributed by atoms with Crippen LogP contribution in [0.3, 0.4) is 0 Å². The summed E-state index contributed by atoms with van der Waals surface area (Å²) in [5.41, 5.74) is 8.72. The van der Waals surface area contributed by atoms with E-state index in [0.29, 0.717) is 5.92 Å². The molecule has 2 heterocycles. The van der Waals surface area contributed by atoms with Crippen LogP contribution in [0.15, 0.2) is 24.3 Å². The number of urea groups is 1. The minimum atomic E-state index is -0.0947. The lowest BCUT2D eigenvalue weighted by Crippen LogP contribution is -2.58. The summed E-state index contributed by atoms with van der Waals surface area (Å²) < 4.78 is 5.42. The van der Waals surface area contributed by atoms with Crippen molar-refractivity contribution in [2.24, 2.45) is 17.6 Å². The van der Waals surface area contributed by atoms with E-state index in [2.05, 4.69) is 17.4 Å². The van der Waals surface area contributed by atoms with Crippen LogP contribution in [-0.4, -0.2) is 43.3 Å². The number of nitrogens with two attached hydrogens (primary N) is 1. The molecule has 1 aliphatic carbocycles. The predicted octanol–water partition coefficient (Wildman–Crippen LogP) is 1.68. The van der Waals surface area contributed by atoms with Crippen LogP contribution in [0.2, 0.25) is 0 Å². The summed E-state index contributed by atoms with van der Waals surface area (Å²) in [7, 11) is 0. The highest BCUT2D eigenvalue weighted by Gasteiger charge is 2.38. The van der Waals surface area contributed by atoms with Gasteiger partial charge in [-0.15, -0.1) is 0 Å². The number of fused-ring (bicyclic) bond motifs is 1. The minimum Gasteiger partial charge on any atom is -0.381 e. The zero-order valence-electron chi connectivity index (χ0n) is 13.4. The highest BCUT2D eigenvalue weighted by molar-refractivity contribution is 5.75. The zero-order valence-corrected chi connectivity index (χ0v) is 13.4. The van der Waals surface area contributed by atoms with E-state index >= 15 is 0 Å². The molecule has 3 aliphatic rings. The predicted molar refractivity (Wildman–Crippen MR) is 88.0 cm³/mol. The Morgan fingerprint density at radius 2 is 1.91 bits per heavy atom. The highest BCUT2D eigenvalue weighted by Crippen LogP contribution is 2.32. The number of hydrogen-bond donors (Lipinski definition) is 2. The molecule has 2 atom stereocenters. The van der Waals surface area contributed by atoms with E-state index in [-0.39, 0.29) is 18.1 Å². The fraction of sp³-hybridized carbons (Fsp3) is 0.611. The third-order valence-electron chi connectivity index (χ3n) is 5.73. The Kier molecular flexibility index (Phi) is 3.99. The van der Waals surface area contributed by atoms with Crippen LogP contribution in [-0.2, 0) is 11.2 Å². The standard InChI is InChI=1S/C18H25N3O2/c19-17-15-4-2-1-3-13(15)9-16(17)20-18(22)21-10-14(11-21)12-5-7-23-8-6-12/h1-4,12,14,16-17H,5-11,19H2,(H,20,22)/t16-,17-/m1/s1. The van der Waals surface area contributed by atoms with Gasteiger partial charge in [0.2, 0.25) is 0 Å². The first-order valence-corrected chi connectivity index (χ1v) is 8.69. The van der Waals surface area contributed by atoms with Crippen molar-refractivity contribution in [3.8, 4) is 0 Å². The summed E-state index contributed by atoms with van der Waals surface area (Å²) in [4.78, 5) is 14.4. The molecule has 2 aliphatic heterocycles. The van der Waals surface area contributed by atoms with Gasteiger partial charge in [0.1, 0.15) is 0 Å². The summed E-state index contributed by atoms with van der Waals surface area (Å²) in [6.45, 7) is 3.52. The van der Waals surface area contributed by atoms with Crippen molar-refractivity contribution < 1.29 is 9.53 Å². The molecule has 2 amide bonds. The largest absolute Gasteiger partial charge is 0.381 e. The van der Waals surface area contributed by atoms with Crippen LogP contribution >= 0.6 is 0 Å². The first-order valence-electron chi connectivity index (χ1n) is 8.69. The molecule has 0 aromatic heterocycles. The van der Waals surface area contributed by atoms with Crippen LogP contribution in [0.1, 0.15) is 30.0 Å². The molecule has 0 radical (unpaired) electrons. The summed E-state index contributed by atoms with van der Waals surface area (Å²) in [5, 5.41) is 3.14. The SMILES string of the molecule is N[C@@H]1c2ccccc2C[C@H]1NC(=O)N1CC(C2CCOCC2)C1. The van der Waals surface area contributed by atoms with Gasteiger partial charge in [0.05, 0.1) is 12.1 Å². The molecule has 0 unspecified atom stereocenters. The number of nitrogens with one attached hydrogen (secondary N) is 1. The van der Waals surface area contributed by atoms with E-state index in [0.717, 1.165) is 51.5 Å². The molecule has 4 rings (SSSR count). The van der Waals surface area contributed by atoms with Crippen molar-refractivity contribution in [3.05, 3.63) is 35.4 Å². The van der Waals surface area contributed by atoms with Gasteiger partial charge in [-0.3, -0.25) is 0 Å². The Balaban J connectivity index is 1.29. The van der Waals surface area contributed by atoms with Crippen molar-refractivity contribution >= 4 is 6.03 Å². The van der Waals surface area contributed by atoms with Crippen LogP contribution < -0.4 is 11.1 Å². The van der Waals surface area contributed by atoms with Crippen LogP contribution in [0.5, 0.6) is 0 Å². The Labute approximate surface area is 137 Å². The van der Waals surface area contributed by atoms with Crippen molar-refractivity contribution in [1.82, 2.24) is 10.2 Å². The number of carbonyl (C=O) groups is 1. The quantitative estimate of drug-likeness (QED) is 0.872. The first kappa shape index (κ1) is 15.0. The fourth-order valence-corrected chi connectivity index (χ4v) is 4.18. The van der Waals surface area contributed by atoms with E-state index in [1.54, 1.807) is 0 Å².